The van der Waals surface area contributed by atoms with Crippen LogP contribution in [0.3, 0.4) is 0 Å². The van der Waals surface area contributed by atoms with E-state index in [1.54, 1.807) is 0 Å². The molecule has 94 valence electrons. The lowest BCUT2D eigenvalue weighted by atomic mass is 10.1. The highest BCUT2D eigenvalue weighted by molar-refractivity contribution is 7.99. The standard InChI is InChI=1S/C16H19NS/c1-11-7-8-12(2)16(9-11)18-13(3)14-5-4-6-15(17)10-14/h4-10,13H,17H2,1-3H3. The first-order valence-corrected chi connectivity index (χ1v) is 7.03. The summed E-state index contributed by atoms with van der Waals surface area (Å²) in [6.45, 7) is 6.52. The van der Waals surface area contributed by atoms with Crippen LogP contribution < -0.4 is 5.73 Å². The summed E-state index contributed by atoms with van der Waals surface area (Å²) in [7, 11) is 0. The molecule has 0 aliphatic carbocycles. The Hall–Kier alpha value is -1.41. The molecule has 2 heteroatoms. The second-order valence-corrected chi connectivity index (χ2v) is 6.08. The third-order valence-electron chi connectivity index (χ3n) is 3.03. The fourth-order valence-electron chi connectivity index (χ4n) is 1.90. The number of benzene rings is 2. The van der Waals surface area contributed by atoms with Crippen molar-refractivity contribution >= 4 is 17.4 Å². The van der Waals surface area contributed by atoms with E-state index in [1.807, 2.05) is 23.9 Å². The predicted molar refractivity (Wildman–Crippen MR) is 81.0 cm³/mol. The van der Waals surface area contributed by atoms with Crippen molar-refractivity contribution in [3.8, 4) is 0 Å². The molecule has 1 atom stereocenters. The smallest absolute Gasteiger partial charge is 0.0317 e. The zero-order chi connectivity index (χ0) is 13.1. The van der Waals surface area contributed by atoms with E-state index in [-0.39, 0.29) is 0 Å². The predicted octanol–water partition coefficient (Wildman–Crippen LogP) is 4.74. The molecule has 2 N–H and O–H groups in total. The minimum atomic E-state index is 0.411. The van der Waals surface area contributed by atoms with Crippen molar-refractivity contribution in [1.82, 2.24) is 0 Å². The highest BCUT2D eigenvalue weighted by atomic mass is 32.2. The van der Waals surface area contributed by atoms with Gasteiger partial charge in [-0.15, -0.1) is 11.8 Å². The SMILES string of the molecule is Cc1ccc(C)c(SC(C)c2cccc(N)c2)c1. The highest BCUT2D eigenvalue weighted by Gasteiger charge is 2.09. The van der Waals surface area contributed by atoms with Crippen LogP contribution >= 0.6 is 11.8 Å². The zero-order valence-corrected chi connectivity index (χ0v) is 11.9. The van der Waals surface area contributed by atoms with Gasteiger partial charge in [0.25, 0.3) is 0 Å². The van der Waals surface area contributed by atoms with Crippen LogP contribution in [-0.2, 0) is 0 Å². The molecule has 0 aliphatic rings. The number of thioether (sulfide) groups is 1. The lowest BCUT2D eigenvalue weighted by Crippen LogP contribution is -1.92. The van der Waals surface area contributed by atoms with Gasteiger partial charge in [0.1, 0.15) is 0 Å². The molecule has 0 spiro atoms. The van der Waals surface area contributed by atoms with Crippen molar-refractivity contribution < 1.29 is 0 Å². The third kappa shape index (κ3) is 3.08. The van der Waals surface area contributed by atoms with E-state index < -0.39 is 0 Å². The van der Waals surface area contributed by atoms with Gasteiger partial charge < -0.3 is 5.73 Å². The van der Waals surface area contributed by atoms with E-state index in [1.165, 1.54) is 21.6 Å². The summed E-state index contributed by atoms with van der Waals surface area (Å²) in [6, 6.07) is 14.7. The van der Waals surface area contributed by atoms with Crippen LogP contribution in [0.5, 0.6) is 0 Å². The molecule has 0 saturated heterocycles. The molecule has 1 nitrogen and oxygen atoms in total. The first-order chi connectivity index (χ1) is 8.56. The van der Waals surface area contributed by atoms with E-state index in [2.05, 4.69) is 51.1 Å². The molecular weight excluding hydrogens is 238 g/mol. The normalized spacial score (nSPS) is 12.4. The molecular formula is C16H19NS. The number of rotatable bonds is 3. The first-order valence-electron chi connectivity index (χ1n) is 6.15. The first kappa shape index (κ1) is 13.0. The molecule has 18 heavy (non-hydrogen) atoms. The van der Waals surface area contributed by atoms with Gasteiger partial charge in [-0.2, -0.15) is 0 Å². The Morgan fingerprint density at radius 3 is 2.56 bits per heavy atom. The Labute approximate surface area is 113 Å². The Kier molecular flexibility index (Phi) is 3.97. The number of aryl methyl sites for hydroxylation is 2. The molecule has 0 heterocycles. The van der Waals surface area contributed by atoms with Gasteiger partial charge in [0.05, 0.1) is 0 Å². The maximum absolute atomic E-state index is 5.83. The average molecular weight is 257 g/mol. The lowest BCUT2D eigenvalue weighted by molar-refractivity contribution is 1.09. The van der Waals surface area contributed by atoms with Gasteiger partial charge in [-0.25, -0.2) is 0 Å². The van der Waals surface area contributed by atoms with Crippen LogP contribution in [0.4, 0.5) is 5.69 Å². The van der Waals surface area contributed by atoms with Crippen LogP contribution in [0.1, 0.15) is 28.9 Å². The maximum atomic E-state index is 5.83. The lowest BCUT2D eigenvalue weighted by Gasteiger charge is -2.14. The summed E-state index contributed by atoms with van der Waals surface area (Å²) in [5, 5.41) is 0.411. The molecule has 0 bridgehead atoms. The maximum Gasteiger partial charge on any atom is 0.0317 e. The van der Waals surface area contributed by atoms with Crippen molar-refractivity contribution in [3.05, 3.63) is 59.2 Å². The largest absolute Gasteiger partial charge is 0.399 e. The number of anilines is 1. The summed E-state index contributed by atoms with van der Waals surface area (Å²) in [4.78, 5) is 1.35. The molecule has 0 radical (unpaired) electrons. The van der Waals surface area contributed by atoms with Gasteiger partial charge in [0, 0.05) is 15.8 Å². The summed E-state index contributed by atoms with van der Waals surface area (Å²) in [6.07, 6.45) is 0. The fraction of sp³-hybridized carbons (Fsp3) is 0.250. The second kappa shape index (κ2) is 5.49. The van der Waals surface area contributed by atoms with Gasteiger partial charge in [0.15, 0.2) is 0 Å². The number of nitrogens with two attached hydrogens (primary N) is 1. The van der Waals surface area contributed by atoms with Gasteiger partial charge in [-0.05, 0) is 50.1 Å². The molecule has 0 saturated carbocycles. The Balaban J connectivity index is 2.21. The van der Waals surface area contributed by atoms with Crippen LogP contribution in [0.15, 0.2) is 47.4 Å². The van der Waals surface area contributed by atoms with Gasteiger partial charge in [0.2, 0.25) is 0 Å². The summed E-state index contributed by atoms with van der Waals surface area (Å²) >= 11 is 1.89. The molecule has 1 unspecified atom stereocenters. The molecule has 0 fully saturated rings. The zero-order valence-electron chi connectivity index (χ0n) is 11.1. The summed E-state index contributed by atoms with van der Waals surface area (Å²) in [5.74, 6) is 0. The van der Waals surface area contributed by atoms with E-state index >= 15 is 0 Å². The minimum absolute atomic E-state index is 0.411. The average Bonchev–Trinajstić information content (AvgIpc) is 2.34. The van der Waals surface area contributed by atoms with Crippen molar-refractivity contribution in [2.24, 2.45) is 0 Å². The number of hydrogen-bond donors (Lipinski definition) is 1. The van der Waals surface area contributed by atoms with Gasteiger partial charge in [-0.3, -0.25) is 0 Å². The quantitative estimate of drug-likeness (QED) is 0.635. The topological polar surface area (TPSA) is 26.0 Å². The number of nitrogen functional groups attached to an aromatic ring is 1. The summed E-state index contributed by atoms with van der Waals surface area (Å²) < 4.78 is 0. The minimum Gasteiger partial charge on any atom is -0.399 e. The van der Waals surface area contributed by atoms with Crippen molar-refractivity contribution in [3.63, 3.8) is 0 Å². The van der Waals surface area contributed by atoms with Crippen molar-refractivity contribution in [2.75, 3.05) is 5.73 Å². The highest BCUT2D eigenvalue weighted by Crippen LogP contribution is 2.37. The van der Waals surface area contributed by atoms with E-state index in [0.29, 0.717) is 5.25 Å². The van der Waals surface area contributed by atoms with Gasteiger partial charge >= 0.3 is 0 Å². The van der Waals surface area contributed by atoms with E-state index in [4.69, 9.17) is 5.73 Å². The van der Waals surface area contributed by atoms with Crippen molar-refractivity contribution in [2.45, 2.75) is 30.9 Å². The Morgan fingerprint density at radius 1 is 1.06 bits per heavy atom. The molecule has 0 aromatic heterocycles. The Morgan fingerprint density at radius 2 is 1.83 bits per heavy atom. The Bertz CT molecular complexity index is 549. The van der Waals surface area contributed by atoms with E-state index in [9.17, 15) is 0 Å². The van der Waals surface area contributed by atoms with Gasteiger partial charge in [-0.1, -0.05) is 29.8 Å². The number of hydrogen-bond acceptors (Lipinski definition) is 2. The molecule has 2 aromatic carbocycles. The van der Waals surface area contributed by atoms with Crippen LogP contribution in [0.25, 0.3) is 0 Å². The van der Waals surface area contributed by atoms with Crippen LogP contribution in [0, 0.1) is 13.8 Å². The summed E-state index contributed by atoms with van der Waals surface area (Å²) in [5.41, 5.74) is 10.6. The van der Waals surface area contributed by atoms with Crippen LogP contribution in [0.2, 0.25) is 0 Å². The molecule has 2 aromatic rings. The van der Waals surface area contributed by atoms with E-state index in [0.717, 1.165) is 5.69 Å². The second-order valence-electron chi connectivity index (χ2n) is 4.70. The molecule has 0 aliphatic heterocycles. The van der Waals surface area contributed by atoms with Crippen molar-refractivity contribution in [1.29, 1.82) is 0 Å². The molecule has 2 rings (SSSR count). The van der Waals surface area contributed by atoms with Crippen LogP contribution in [-0.4, -0.2) is 0 Å². The monoisotopic (exact) mass is 257 g/mol. The molecule has 0 amide bonds. The fourth-order valence-corrected chi connectivity index (χ4v) is 3.08. The third-order valence-corrected chi connectivity index (χ3v) is 4.35.